The molecule has 0 fully saturated rings. The van der Waals surface area contributed by atoms with Gasteiger partial charge in [-0.15, -0.1) is 0 Å². The molecule has 4 nitrogen and oxygen atoms in total. The van der Waals surface area contributed by atoms with Crippen LogP contribution in [0.4, 0.5) is 0 Å². The van der Waals surface area contributed by atoms with E-state index in [0.29, 0.717) is 6.42 Å². The van der Waals surface area contributed by atoms with Gasteiger partial charge in [0.2, 0.25) is 0 Å². The lowest BCUT2D eigenvalue weighted by molar-refractivity contribution is 0.535. The van der Waals surface area contributed by atoms with Crippen LogP contribution in [0, 0.1) is 11.3 Å². The molecule has 1 aromatic rings. The standard InChI is InChI=1S/C11H18N4/c12-6-2-1-3-7-13-8-4-10-15-11-5-9-14-15/h5,9,11,13H,1-4,7-8,10H2. The Balaban J connectivity index is 1.84. The zero-order chi connectivity index (χ0) is 10.8. The van der Waals surface area contributed by atoms with E-state index < -0.39 is 0 Å². The molecule has 0 saturated heterocycles. The molecular formula is C11H18N4. The van der Waals surface area contributed by atoms with Gasteiger partial charge in [-0.1, -0.05) is 0 Å². The Hall–Kier alpha value is -1.34. The highest BCUT2D eigenvalue weighted by Crippen LogP contribution is 1.92. The molecular weight excluding hydrogens is 188 g/mol. The van der Waals surface area contributed by atoms with Gasteiger partial charge in [0.25, 0.3) is 0 Å². The number of aromatic nitrogens is 2. The maximum atomic E-state index is 8.33. The van der Waals surface area contributed by atoms with E-state index in [1.165, 1.54) is 0 Å². The van der Waals surface area contributed by atoms with E-state index in [1.54, 1.807) is 6.20 Å². The van der Waals surface area contributed by atoms with Crippen molar-refractivity contribution in [3.8, 4) is 6.07 Å². The first-order valence-electron chi connectivity index (χ1n) is 5.48. The molecule has 0 aliphatic rings. The van der Waals surface area contributed by atoms with Crippen molar-refractivity contribution in [1.82, 2.24) is 15.1 Å². The Kier molecular flexibility index (Phi) is 6.26. The summed E-state index contributed by atoms with van der Waals surface area (Å²) in [4.78, 5) is 0. The molecule has 0 spiro atoms. The van der Waals surface area contributed by atoms with Gasteiger partial charge in [-0.05, 0) is 38.4 Å². The highest BCUT2D eigenvalue weighted by atomic mass is 15.3. The minimum Gasteiger partial charge on any atom is -0.317 e. The summed E-state index contributed by atoms with van der Waals surface area (Å²) in [7, 11) is 0. The third kappa shape index (κ3) is 5.87. The largest absolute Gasteiger partial charge is 0.317 e. The number of nitrogens with zero attached hydrogens (tertiary/aromatic N) is 3. The molecule has 0 aliphatic carbocycles. The second kappa shape index (κ2) is 8.01. The van der Waals surface area contributed by atoms with Crippen molar-refractivity contribution in [2.45, 2.75) is 32.2 Å². The second-order valence-electron chi connectivity index (χ2n) is 3.49. The number of hydrogen-bond acceptors (Lipinski definition) is 3. The maximum Gasteiger partial charge on any atom is 0.0621 e. The summed E-state index contributed by atoms with van der Waals surface area (Å²) in [6.07, 6.45) is 7.65. The Morgan fingerprint density at radius 1 is 1.27 bits per heavy atom. The van der Waals surface area contributed by atoms with Gasteiger partial charge in [0.1, 0.15) is 0 Å². The van der Waals surface area contributed by atoms with Gasteiger partial charge >= 0.3 is 0 Å². The molecule has 0 unspecified atom stereocenters. The van der Waals surface area contributed by atoms with Crippen LogP contribution in [0.25, 0.3) is 0 Å². The normalized spacial score (nSPS) is 10.1. The van der Waals surface area contributed by atoms with Gasteiger partial charge in [0.15, 0.2) is 0 Å². The molecule has 1 rings (SSSR count). The summed E-state index contributed by atoms with van der Waals surface area (Å²) < 4.78 is 1.94. The number of aryl methyl sites for hydroxylation is 1. The minimum atomic E-state index is 0.676. The van der Waals surface area contributed by atoms with E-state index in [2.05, 4.69) is 16.5 Å². The first kappa shape index (κ1) is 11.7. The van der Waals surface area contributed by atoms with Crippen LogP contribution in [0.1, 0.15) is 25.7 Å². The summed E-state index contributed by atoms with van der Waals surface area (Å²) in [6, 6.07) is 4.09. The van der Waals surface area contributed by atoms with Crippen molar-refractivity contribution < 1.29 is 0 Å². The van der Waals surface area contributed by atoms with Crippen LogP contribution in [0.2, 0.25) is 0 Å². The fourth-order valence-corrected chi connectivity index (χ4v) is 1.38. The average molecular weight is 206 g/mol. The highest BCUT2D eigenvalue weighted by molar-refractivity contribution is 4.77. The van der Waals surface area contributed by atoms with E-state index in [9.17, 15) is 0 Å². The van der Waals surface area contributed by atoms with Crippen LogP contribution >= 0.6 is 0 Å². The fourth-order valence-electron chi connectivity index (χ4n) is 1.38. The zero-order valence-electron chi connectivity index (χ0n) is 9.02. The third-order valence-electron chi connectivity index (χ3n) is 2.19. The molecule has 0 atom stereocenters. The second-order valence-corrected chi connectivity index (χ2v) is 3.49. The van der Waals surface area contributed by atoms with Crippen LogP contribution in [-0.2, 0) is 6.54 Å². The fraction of sp³-hybridized carbons (Fsp3) is 0.636. The topological polar surface area (TPSA) is 53.6 Å². The number of unbranched alkanes of at least 4 members (excludes halogenated alkanes) is 2. The van der Waals surface area contributed by atoms with Gasteiger partial charge < -0.3 is 5.32 Å². The van der Waals surface area contributed by atoms with E-state index in [4.69, 9.17) is 5.26 Å². The SMILES string of the molecule is N#CCCCCNCCCn1cccn1. The van der Waals surface area contributed by atoms with Gasteiger partial charge in [0, 0.05) is 25.4 Å². The lowest BCUT2D eigenvalue weighted by Gasteiger charge is -2.03. The molecule has 82 valence electrons. The van der Waals surface area contributed by atoms with Crippen LogP contribution < -0.4 is 5.32 Å². The van der Waals surface area contributed by atoms with Crippen molar-refractivity contribution in [2.24, 2.45) is 0 Å². The zero-order valence-corrected chi connectivity index (χ0v) is 9.02. The molecule has 15 heavy (non-hydrogen) atoms. The number of nitriles is 1. The van der Waals surface area contributed by atoms with Crippen LogP contribution in [-0.4, -0.2) is 22.9 Å². The van der Waals surface area contributed by atoms with E-state index in [0.717, 1.165) is 38.9 Å². The predicted molar refractivity (Wildman–Crippen MR) is 59.2 cm³/mol. The minimum absolute atomic E-state index is 0.676. The Bertz CT molecular complexity index is 273. The molecule has 0 aliphatic heterocycles. The lowest BCUT2D eigenvalue weighted by atomic mass is 10.2. The Morgan fingerprint density at radius 3 is 2.87 bits per heavy atom. The van der Waals surface area contributed by atoms with Gasteiger partial charge in [-0.25, -0.2) is 0 Å². The quantitative estimate of drug-likeness (QED) is 0.657. The Morgan fingerprint density at radius 2 is 2.13 bits per heavy atom. The molecule has 0 bridgehead atoms. The first-order chi connectivity index (χ1) is 7.43. The predicted octanol–water partition coefficient (Wildman–Crippen LogP) is 1.56. The molecule has 0 amide bonds. The maximum absolute atomic E-state index is 8.33. The van der Waals surface area contributed by atoms with Crippen molar-refractivity contribution >= 4 is 0 Å². The smallest absolute Gasteiger partial charge is 0.0621 e. The Labute approximate surface area is 90.9 Å². The monoisotopic (exact) mass is 206 g/mol. The lowest BCUT2D eigenvalue weighted by Crippen LogP contribution is -2.18. The molecule has 0 saturated carbocycles. The van der Waals surface area contributed by atoms with Crippen molar-refractivity contribution in [1.29, 1.82) is 5.26 Å². The third-order valence-corrected chi connectivity index (χ3v) is 2.19. The van der Waals surface area contributed by atoms with E-state index in [1.807, 2.05) is 16.9 Å². The van der Waals surface area contributed by atoms with Gasteiger partial charge in [-0.2, -0.15) is 10.4 Å². The number of nitrogens with one attached hydrogen (secondary N) is 1. The van der Waals surface area contributed by atoms with Gasteiger partial charge in [0.05, 0.1) is 6.07 Å². The average Bonchev–Trinajstić information content (AvgIpc) is 2.75. The van der Waals surface area contributed by atoms with Crippen molar-refractivity contribution in [3.05, 3.63) is 18.5 Å². The van der Waals surface area contributed by atoms with E-state index in [-0.39, 0.29) is 0 Å². The first-order valence-corrected chi connectivity index (χ1v) is 5.48. The van der Waals surface area contributed by atoms with Crippen LogP contribution in [0.15, 0.2) is 18.5 Å². The summed E-state index contributed by atoms with van der Waals surface area (Å²) >= 11 is 0. The van der Waals surface area contributed by atoms with Crippen molar-refractivity contribution in [2.75, 3.05) is 13.1 Å². The molecule has 4 heteroatoms. The molecule has 1 aromatic heterocycles. The number of hydrogen-bond donors (Lipinski definition) is 1. The van der Waals surface area contributed by atoms with Crippen LogP contribution in [0.5, 0.6) is 0 Å². The van der Waals surface area contributed by atoms with Gasteiger partial charge in [-0.3, -0.25) is 4.68 Å². The molecule has 1 N–H and O–H groups in total. The van der Waals surface area contributed by atoms with Crippen molar-refractivity contribution in [3.63, 3.8) is 0 Å². The highest BCUT2D eigenvalue weighted by Gasteiger charge is 1.91. The summed E-state index contributed by atoms with van der Waals surface area (Å²) in [5.74, 6) is 0. The molecule has 0 radical (unpaired) electrons. The number of rotatable bonds is 8. The molecule has 0 aromatic carbocycles. The summed E-state index contributed by atoms with van der Waals surface area (Å²) in [6.45, 7) is 3.01. The summed E-state index contributed by atoms with van der Waals surface area (Å²) in [5.41, 5.74) is 0. The van der Waals surface area contributed by atoms with Crippen LogP contribution in [0.3, 0.4) is 0 Å². The molecule has 1 heterocycles. The summed E-state index contributed by atoms with van der Waals surface area (Å²) in [5, 5.41) is 15.8. The van der Waals surface area contributed by atoms with E-state index >= 15 is 0 Å².